The number of hydrogen-bond acceptors (Lipinski definition) is 3. The van der Waals surface area contributed by atoms with Crippen LogP contribution in [0.25, 0.3) is 0 Å². The average Bonchev–Trinajstić information content (AvgIpc) is 3.10. The van der Waals surface area contributed by atoms with Gasteiger partial charge in [-0.25, -0.2) is 4.39 Å². The van der Waals surface area contributed by atoms with E-state index in [-0.39, 0.29) is 24.2 Å². The topological polar surface area (TPSA) is 40.6 Å². The van der Waals surface area contributed by atoms with E-state index < -0.39 is 0 Å². The molecule has 3 rings (SSSR count). The van der Waals surface area contributed by atoms with E-state index in [1.807, 2.05) is 11.4 Å². The Hall–Kier alpha value is -2.21. The Labute approximate surface area is 150 Å². The van der Waals surface area contributed by atoms with Gasteiger partial charge in [0.25, 0.3) is 0 Å². The molecular weight excluding hydrogens is 339 g/mol. The monoisotopic (exact) mass is 360 g/mol. The molecule has 4 nitrogen and oxygen atoms in total. The molecule has 1 fully saturated rings. The molecule has 25 heavy (non-hydrogen) atoms. The number of benzene rings is 1. The summed E-state index contributed by atoms with van der Waals surface area (Å²) in [6.45, 7) is 1.54. The zero-order chi connectivity index (χ0) is 17.6. The fourth-order valence-electron chi connectivity index (χ4n) is 2.97. The largest absolute Gasteiger partial charge is 0.335 e. The molecule has 0 atom stereocenters. The molecular formula is C19H21FN2O2S. The van der Waals surface area contributed by atoms with Crippen molar-refractivity contribution in [1.82, 2.24) is 9.80 Å². The SMILES string of the molecule is O=C(CCCc1cccs1)N1CCN(Cc2cccc(F)c2)C(=O)C1. The van der Waals surface area contributed by atoms with Crippen LogP contribution in [0, 0.1) is 5.82 Å². The van der Waals surface area contributed by atoms with Gasteiger partial charge in [-0.05, 0) is 42.0 Å². The molecule has 2 heterocycles. The minimum absolute atomic E-state index is 0.0373. The van der Waals surface area contributed by atoms with Crippen molar-refractivity contribution in [3.8, 4) is 0 Å². The number of aryl methyl sites for hydroxylation is 1. The third-order valence-corrected chi connectivity index (χ3v) is 5.26. The minimum atomic E-state index is -0.301. The number of thiophene rings is 1. The van der Waals surface area contributed by atoms with E-state index in [4.69, 9.17) is 0 Å². The number of carbonyl (C=O) groups is 2. The Bertz CT molecular complexity index is 733. The van der Waals surface area contributed by atoms with Gasteiger partial charge < -0.3 is 9.80 Å². The summed E-state index contributed by atoms with van der Waals surface area (Å²) in [5, 5.41) is 2.04. The lowest BCUT2D eigenvalue weighted by atomic mass is 10.1. The first-order chi connectivity index (χ1) is 12.1. The number of halogens is 1. The van der Waals surface area contributed by atoms with Gasteiger partial charge in [0.15, 0.2) is 0 Å². The van der Waals surface area contributed by atoms with E-state index in [1.54, 1.807) is 33.3 Å². The first-order valence-electron chi connectivity index (χ1n) is 8.44. The van der Waals surface area contributed by atoms with Gasteiger partial charge >= 0.3 is 0 Å². The van der Waals surface area contributed by atoms with Gasteiger partial charge in [0, 0.05) is 30.9 Å². The van der Waals surface area contributed by atoms with Gasteiger partial charge in [-0.3, -0.25) is 9.59 Å². The Balaban J connectivity index is 1.46. The molecule has 0 bridgehead atoms. The zero-order valence-electron chi connectivity index (χ0n) is 14.0. The standard InChI is InChI=1S/C19H21FN2O2S/c20-16-5-1-4-15(12-16)13-21-9-10-22(14-19(21)24)18(23)8-2-6-17-7-3-11-25-17/h1,3-5,7,11-12H,2,6,8-10,13-14H2. The lowest BCUT2D eigenvalue weighted by Crippen LogP contribution is -2.51. The predicted molar refractivity (Wildman–Crippen MR) is 95.7 cm³/mol. The van der Waals surface area contributed by atoms with Crippen molar-refractivity contribution in [3.05, 3.63) is 58.0 Å². The van der Waals surface area contributed by atoms with E-state index in [1.165, 1.54) is 17.0 Å². The van der Waals surface area contributed by atoms with Crippen LogP contribution in [0.3, 0.4) is 0 Å². The van der Waals surface area contributed by atoms with Crippen molar-refractivity contribution in [3.63, 3.8) is 0 Å². The molecule has 1 aliphatic rings. The number of piperazine rings is 1. The summed E-state index contributed by atoms with van der Waals surface area (Å²) in [6, 6.07) is 10.4. The van der Waals surface area contributed by atoms with Gasteiger partial charge in [-0.2, -0.15) is 0 Å². The van der Waals surface area contributed by atoms with E-state index in [9.17, 15) is 14.0 Å². The Morgan fingerprint density at radius 2 is 2.08 bits per heavy atom. The highest BCUT2D eigenvalue weighted by Gasteiger charge is 2.26. The average molecular weight is 360 g/mol. The van der Waals surface area contributed by atoms with Gasteiger partial charge in [0.2, 0.25) is 11.8 Å². The molecule has 0 aliphatic carbocycles. The highest BCUT2D eigenvalue weighted by molar-refractivity contribution is 7.09. The van der Waals surface area contributed by atoms with E-state index in [0.29, 0.717) is 26.1 Å². The molecule has 2 amide bonds. The second kappa shape index (κ2) is 8.25. The summed E-state index contributed by atoms with van der Waals surface area (Å²) < 4.78 is 13.3. The quantitative estimate of drug-likeness (QED) is 0.794. The molecule has 0 saturated carbocycles. The molecule has 1 aromatic carbocycles. The van der Waals surface area contributed by atoms with Crippen LogP contribution < -0.4 is 0 Å². The molecule has 0 radical (unpaired) electrons. The number of hydrogen-bond donors (Lipinski definition) is 0. The second-order valence-corrected chi connectivity index (χ2v) is 7.23. The minimum Gasteiger partial charge on any atom is -0.335 e. The summed E-state index contributed by atoms with van der Waals surface area (Å²) in [7, 11) is 0. The van der Waals surface area contributed by atoms with E-state index >= 15 is 0 Å². The van der Waals surface area contributed by atoms with Gasteiger partial charge in [-0.1, -0.05) is 18.2 Å². The van der Waals surface area contributed by atoms with Gasteiger partial charge in [0.1, 0.15) is 5.82 Å². The molecule has 0 spiro atoms. The van der Waals surface area contributed by atoms with E-state index in [2.05, 4.69) is 6.07 Å². The zero-order valence-corrected chi connectivity index (χ0v) is 14.8. The van der Waals surface area contributed by atoms with Crippen molar-refractivity contribution < 1.29 is 14.0 Å². The number of rotatable bonds is 6. The van der Waals surface area contributed by atoms with Crippen LogP contribution in [-0.4, -0.2) is 41.2 Å². The smallest absolute Gasteiger partial charge is 0.242 e. The van der Waals surface area contributed by atoms with Crippen LogP contribution in [0.4, 0.5) is 4.39 Å². The molecule has 6 heteroatoms. The summed E-state index contributed by atoms with van der Waals surface area (Å²) in [5.41, 5.74) is 0.768. The summed E-state index contributed by atoms with van der Waals surface area (Å²) in [5.74, 6) is -0.345. The third-order valence-electron chi connectivity index (χ3n) is 4.33. The van der Waals surface area contributed by atoms with Crippen LogP contribution in [0.2, 0.25) is 0 Å². The van der Waals surface area contributed by atoms with Crippen LogP contribution in [0.15, 0.2) is 41.8 Å². The van der Waals surface area contributed by atoms with Crippen LogP contribution in [0.1, 0.15) is 23.3 Å². The first-order valence-corrected chi connectivity index (χ1v) is 9.32. The lowest BCUT2D eigenvalue weighted by Gasteiger charge is -2.34. The van der Waals surface area contributed by atoms with Crippen molar-refractivity contribution in [2.24, 2.45) is 0 Å². The fourth-order valence-corrected chi connectivity index (χ4v) is 3.72. The molecule has 0 N–H and O–H groups in total. The fraction of sp³-hybridized carbons (Fsp3) is 0.368. The van der Waals surface area contributed by atoms with Gasteiger partial charge in [0.05, 0.1) is 6.54 Å². The second-order valence-electron chi connectivity index (χ2n) is 6.19. The third kappa shape index (κ3) is 4.89. The maximum atomic E-state index is 13.3. The highest BCUT2D eigenvalue weighted by atomic mass is 32.1. The molecule has 2 aromatic rings. The molecule has 1 aromatic heterocycles. The van der Waals surface area contributed by atoms with Crippen molar-refractivity contribution in [2.75, 3.05) is 19.6 Å². The highest BCUT2D eigenvalue weighted by Crippen LogP contribution is 2.15. The van der Waals surface area contributed by atoms with Crippen LogP contribution in [-0.2, 0) is 22.6 Å². The number of nitrogens with zero attached hydrogens (tertiary/aromatic N) is 2. The lowest BCUT2D eigenvalue weighted by molar-refractivity contribution is -0.145. The Kier molecular flexibility index (Phi) is 5.81. The number of amides is 2. The molecule has 0 unspecified atom stereocenters. The van der Waals surface area contributed by atoms with E-state index in [0.717, 1.165) is 18.4 Å². The molecule has 132 valence electrons. The van der Waals surface area contributed by atoms with Gasteiger partial charge in [-0.15, -0.1) is 11.3 Å². The summed E-state index contributed by atoms with van der Waals surface area (Å²) in [6.07, 6.45) is 2.17. The first kappa shape index (κ1) is 17.6. The summed E-state index contributed by atoms with van der Waals surface area (Å²) in [4.78, 5) is 29.2. The maximum absolute atomic E-state index is 13.3. The molecule has 1 aliphatic heterocycles. The van der Waals surface area contributed by atoms with Crippen molar-refractivity contribution >= 4 is 23.2 Å². The summed E-state index contributed by atoms with van der Waals surface area (Å²) >= 11 is 1.70. The Morgan fingerprint density at radius 1 is 1.20 bits per heavy atom. The normalized spacial score (nSPS) is 14.8. The van der Waals surface area contributed by atoms with Crippen LogP contribution in [0.5, 0.6) is 0 Å². The number of carbonyl (C=O) groups excluding carboxylic acids is 2. The molecule has 1 saturated heterocycles. The van der Waals surface area contributed by atoms with Crippen molar-refractivity contribution in [2.45, 2.75) is 25.8 Å². The van der Waals surface area contributed by atoms with Crippen molar-refractivity contribution in [1.29, 1.82) is 0 Å². The maximum Gasteiger partial charge on any atom is 0.242 e. The predicted octanol–water partition coefficient (Wildman–Crippen LogP) is 3.08. The Morgan fingerprint density at radius 3 is 2.80 bits per heavy atom. The van der Waals surface area contributed by atoms with Crippen LogP contribution >= 0.6 is 11.3 Å².